The predicted molar refractivity (Wildman–Crippen MR) is 47.9 cm³/mol. The summed E-state index contributed by atoms with van der Waals surface area (Å²) in [5, 5.41) is 0. The second-order valence-electron chi connectivity index (χ2n) is 2.38. The molecule has 0 amide bonds. The molecule has 0 aromatic rings. The van der Waals surface area contributed by atoms with Crippen molar-refractivity contribution in [3.63, 3.8) is 0 Å². The van der Waals surface area contributed by atoms with Crippen molar-refractivity contribution in [1.82, 2.24) is 0 Å². The third-order valence-corrected chi connectivity index (χ3v) is 3.33. The molecule has 0 rings (SSSR count). The number of allylic oxidation sites excluding steroid dienone is 2. The number of hydrogen-bond donors (Lipinski definition) is 0. The maximum absolute atomic E-state index is 2.35. The average Bonchev–Trinajstić information content (AvgIpc) is 1.89. The van der Waals surface area contributed by atoms with E-state index in [1.54, 1.807) is 0 Å². The second-order valence-corrected chi connectivity index (χ2v) is 4.37. The maximum Gasteiger partial charge on any atom is 0.0239 e. The summed E-state index contributed by atoms with van der Waals surface area (Å²) in [5.74, 6) is 0. The summed E-state index contributed by atoms with van der Waals surface area (Å²) in [6, 6.07) is 2.94. The van der Waals surface area contributed by atoms with Crippen molar-refractivity contribution in [2.75, 3.05) is 0 Å². The normalized spacial score (nSPS) is 12.2. The van der Waals surface area contributed by atoms with Gasteiger partial charge in [0.15, 0.2) is 0 Å². The lowest BCUT2D eigenvalue weighted by atomic mass is 10.4. The van der Waals surface area contributed by atoms with Crippen LogP contribution in [0.25, 0.3) is 0 Å². The highest BCUT2D eigenvalue weighted by molar-refractivity contribution is 6.35. The summed E-state index contributed by atoms with van der Waals surface area (Å²) < 4.78 is 0. The quantitative estimate of drug-likeness (QED) is 0.314. The van der Waals surface area contributed by atoms with E-state index in [4.69, 9.17) is 0 Å². The molecule has 0 saturated heterocycles. The minimum atomic E-state index is 0.304. The van der Waals surface area contributed by atoms with E-state index in [0.717, 1.165) is 0 Å². The van der Waals surface area contributed by atoms with Crippen molar-refractivity contribution >= 4 is 9.52 Å². The summed E-state index contributed by atoms with van der Waals surface area (Å²) in [6.07, 6.45) is 7.23. The van der Waals surface area contributed by atoms with E-state index in [9.17, 15) is 0 Å². The lowest BCUT2D eigenvalue weighted by Crippen LogP contribution is -1.82. The van der Waals surface area contributed by atoms with E-state index in [2.05, 4.69) is 26.0 Å². The third kappa shape index (κ3) is 7.96. The Balaban J connectivity index is 2.82. The zero-order valence-electron chi connectivity index (χ0n) is 6.69. The van der Waals surface area contributed by atoms with Gasteiger partial charge in [-0.2, -0.15) is 0 Å². The minimum absolute atomic E-state index is 0.304. The van der Waals surface area contributed by atoms with E-state index >= 15 is 0 Å². The van der Waals surface area contributed by atoms with Gasteiger partial charge in [0.25, 0.3) is 0 Å². The topological polar surface area (TPSA) is 0 Å². The van der Waals surface area contributed by atoms with Gasteiger partial charge in [0.1, 0.15) is 0 Å². The summed E-state index contributed by atoms with van der Waals surface area (Å²) in [7, 11) is 0.304. The summed E-state index contributed by atoms with van der Waals surface area (Å²) in [4.78, 5) is 0. The first-order chi connectivity index (χ1) is 4.41. The highest BCUT2D eigenvalue weighted by Gasteiger charge is 1.80. The Morgan fingerprint density at radius 3 is 2.56 bits per heavy atom. The third-order valence-electron chi connectivity index (χ3n) is 1.38. The van der Waals surface area contributed by atoms with E-state index in [-0.39, 0.29) is 0 Å². The molecule has 0 radical (unpaired) electrons. The van der Waals surface area contributed by atoms with Crippen LogP contribution in [0.2, 0.25) is 12.1 Å². The molecule has 0 N–H and O–H groups in total. The molecule has 0 atom stereocenters. The van der Waals surface area contributed by atoms with Gasteiger partial charge in [0.05, 0.1) is 0 Å². The Morgan fingerprint density at radius 1 is 1.22 bits per heavy atom. The molecule has 9 heavy (non-hydrogen) atoms. The Labute approximate surface area is 61.2 Å². The Morgan fingerprint density at radius 2 is 2.00 bits per heavy atom. The highest BCUT2D eigenvalue weighted by Crippen LogP contribution is 1.92. The molecule has 54 valence electrons. The van der Waals surface area contributed by atoms with Crippen LogP contribution in [0.3, 0.4) is 0 Å². The van der Waals surface area contributed by atoms with Gasteiger partial charge in [0, 0.05) is 9.52 Å². The van der Waals surface area contributed by atoms with Crippen LogP contribution < -0.4 is 0 Å². The van der Waals surface area contributed by atoms with Gasteiger partial charge >= 0.3 is 0 Å². The smallest absolute Gasteiger partial charge is 0.0239 e. The van der Waals surface area contributed by atoms with Crippen LogP contribution in [0.1, 0.15) is 26.7 Å². The fourth-order valence-electron chi connectivity index (χ4n) is 0.797. The Bertz CT molecular complexity index is 67.0. The number of rotatable bonds is 5. The second kappa shape index (κ2) is 7.96. The van der Waals surface area contributed by atoms with Gasteiger partial charge in [-0.05, 0) is 12.5 Å². The molecule has 0 heterocycles. The van der Waals surface area contributed by atoms with Crippen molar-refractivity contribution in [2.45, 2.75) is 38.8 Å². The van der Waals surface area contributed by atoms with Crippen LogP contribution in [-0.2, 0) is 0 Å². The van der Waals surface area contributed by atoms with Gasteiger partial charge < -0.3 is 0 Å². The molecule has 0 fully saturated rings. The lowest BCUT2D eigenvalue weighted by Gasteiger charge is -1.88. The van der Waals surface area contributed by atoms with Crippen LogP contribution >= 0.6 is 0 Å². The minimum Gasteiger partial charge on any atom is -0.0918 e. The van der Waals surface area contributed by atoms with Gasteiger partial charge in [-0.25, -0.2) is 0 Å². The van der Waals surface area contributed by atoms with Gasteiger partial charge in [-0.3, -0.25) is 0 Å². The van der Waals surface area contributed by atoms with Gasteiger partial charge in [-0.1, -0.05) is 38.5 Å². The molecule has 0 aromatic carbocycles. The van der Waals surface area contributed by atoms with Gasteiger partial charge in [-0.15, -0.1) is 0 Å². The molecule has 0 aliphatic heterocycles. The van der Waals surface area contributed by atoms with Crippen LogP contribution in [-0.4, -0.2) is 9.52 Å². The molecular weight excluding hydrogens is 124 g/mol. The maximum atomic E-state index is 2.35. The zero-order valence-corrected chi connectivity index (χ0v) is 8.10. The van der Waals surface area contributed by atoms with Crippen molar-refractivity contribution in [2.24, 2.45) is 0 Å². The molecule has 0 nitrogen and oxygen atoms in total. The summed E-state index contributed by atoms with van der Waals surface area (Å²) >= 11 is 0. The van der Waals surface area contributed by atoms with Crippen molar-refractivity contribution < 1.29 is 0 Å². The SMILES string of the molecule is CC/C=C/C[SiH2]CCC. The lowest BCUT2D eigenvalue weighted by molar-refractivity contribution is 1.07. The Hall–Kier alpha value is -0.0431. The molecule has 1 heteroatoms. The summed E-state index contributed by atoms with van der Waals surface area (Å²) in [6.45, 7) is 4.47. The first-order valence-corrected chi connectivity index (χ1v) is 6.06. The van der Waals surface area contributed by atoms with Crippen LogP contribution in [0.15, 0.2) is 12.2 Å². The molecule has 0 bridgehead atoms. The fraction of sp³-hybridized carbons (Fsp3) is 0.750. The van der Waals surface area contributed by atoms with E-state index in [1.807, 2.05) is 0 Å². The molecule has 0 spiro atoms. The number of hydrogen-bond acceptors (Lipinski definition) is 0. The molecular formula is C8H18Si. The zero-order chi connectivity index (χ0) is 6.95. The Kier molecular flexibility index (Phi) is 7.92. The van der Waals surface area contributed by atoms with Crippen molar-refractivity contribution in [1.29, 1.82) is 0 Å². The van der Waals surface area contributed by atoms with Crippen molar-refractivity contribution in [3.8, 4) is 0 Å². The standard InChI is InChI=1S/C8H18Si/c1-3-5-6-8-9-7-4-2/h5-6H,3-4,7-9H2,1-2H3/b6-5+. The molecule has 0 saturated carbocycles. The van der Waals surface area contributed by atoms with Crippen LogP contribution in [0, 0.1) is 0 Å². The fourth-order valence-corrected chi connectivity index (χ4v) is 2.06. The van der Waals surface area contributed by atoms with E-state index in [0.29, 0.717) is 9.52 Å². The largest absolute Gasteiger partial charge is 0.0918 e. The highest BCUT2D eigenvalue weighted by atomic mass is 28.2. The monoisotopic (exact) mass is 142 g/mol. The first kappa shape index (κ1) is 8.96. The van der Waals surface area contributed by atoms with Crippen molar-refractivity contribution in [3.05, 3.63) is 12.2 Å². The molecule has 0 unspecified atom stereocenters. The van der Waals surface area contributed by atoms with E-state index in [1.165, 1.54) is 24.9 Å². The van der Waals surface area contributed by atoms with Gasteiger partial charge in [0.2, 0.25) is 0 Å². The predicted octanol–water partition coefficient (Wildman–Crippen LogP) is 2.37. The molecule has 0 aliphatic rings. The van der Waals surface area contributed by atoms with Crippen LogP contribution in [0.5, 0.6) is 0 Å². The molecule has 0 aromatic heterocycles. The first-order valence-electron chi connectivity index (χ1n) is 4.06. The van der Waals surface area contributed by atoms with E-state index < -0.39 is 0 Å². The molecule has 0 aliphatic carbocycles. The summed E-state index contributed by atoms with van der Waals surface area (Å²) in [5.41, 5.74) is 0. The average molecular weight is 142 g/mol. The van der Waals surface area contributed by atoms with Crippen LogP contribution in [0.4, 0.5) is 0 Å².